The average molecular weight is 112 g/mol. The first-order valence-corrected chi connectivity index (χ1v) is 3.02. The smallest absolute Gasteiger partial charge is 0.0499 e. The van der Waals surface area contributed by atoms with E-state index in [0.29, 0.717) is 12.5 Å². The first kappa shape index (κ1) is 5.83. The van der Waals surface area contributed by atoms with E-state index in [0.717, 1.165) is 6.42 Å². The lowest BCUT2D eigenvalue weighted by molar-refractivity contribution is 0.281. The van der Waals surface area contributed by atoms with Crippen molar-refractivity contribution in [2.24, 2.45) is 5.92 Å². The summed E-state index contributed by atoms with van der Waals surface area (Å²) < 4.78 is 0. The van der Waals surface area contributed by atoms with Crippen molar-refractivity contribution in [1.82, 2.24) is 0 Å². The Morgan fingerprint density at radius 2 is 2.38 bits per heavy atom. The van der Waals surface area contributed by atoms with Gasteiger partial charge in [0.05, 0.1) is 0 Å². The van der Waals surface area contributed by atoms with Crippen molar-refractivity contribution in [3.05, 3.63) is 11.1 Å². The summed E-state index contributed by atoms with van der Waals surface area (Å²) in [7, 11) is 0. The predicted molar refractivity (Wildman–Crippen MR) is 33.6 cm³/mol. The van der Waals surface area contributed by atoms with Crippen LogP contribution in [0.3, 0.4) is 0 Å². The molecule has 0 aromatic heterocycles. The molecular formula is C7H12O. The van der Waals surface area contributed by atoms with Crippen LogP contribution in [0.1, 0.15) is 20.3 Å². The Hall–Kier alpha value is -0.300. The van der Waals surface area contributed by atoms with E-state index in [1.54, 1.807) is 0 Å². The zero-order valence-electron chi connectivity index (χ0n) is 5.44. The Bertz CT molecular complexity index is 120. The number of hydrogen-bond donors (Lipinski definition) is 1. The van der Waals surface area contributed by atoms with Crippen LogP contribution in [0.15, 0.2) is 11.1 Å². The summed E-state index contributed by atoms with van der Waals surface area (Å²) in [6, 6.07) is 0. The lowest BCUT2D eigenvalue weighted by atomic mass is 10.3. The molecule has 46 valence electrons. The Morgan fingerprint density at radius 3 is 2.50 bits per heavy atom. The molecule has 8 heavy (non-hydrogen) atoms. The van der Waals surface area contributed by atoms with Crippen LogP contribution in [-0.4, -0.2) is 11.7 Å². The number of aliphatic hydroxyl groups is 1. The molecule has 0 aromatic rings. The SMILES string of the molecule is CC(C)=C1CC1CO. The van der Waals surface area contributed by atoms with Crippen LogP contribution in [0.5, 0.6) is 0 Å². The second-order valence-corrected chi connectivity index (χ2v) is 2.61. The molecule has 1 fully saturated rings. The minimum atomic E-state index is 0.348. The minimum Gasteiger partial charge on any atom is -0.396 e. The topological polar surface area (TPSA) is 20.2 Å². The largest absolute Gasteiger partial charge is 0.396 e. The van der Waals surface area contributed by atoms with Gasteiger partial charge in [-0.3, -0.25) is 0 Å². The Balaban J connectivity index is 2.47. The van der Waals surface area contributed by atoms with Gasteiger partial charge < -0.3 is 5.11 Å². The van der Waals surface area contributed by atoms with E-state index in [1.807, 2.05) is 0 Å². The van der Waals surface area contributed by atoms with Gasteiger partial charge in [-0.2, -0.15) is 0 Å². The van der Waals surface area contributed by atoms with Crippen molar-refractivity contribution in [2.45, 2.75) is 20.3 Å². The second kappa shape index (κ2) is 1.90. The van der Waals surface area contributed by atoms with E-state index in [-0.39, 0.29) is 0 Å². The van der Waals surface area contributed by atoms with Crippen LogP contribution >= 0.6 is 0 Å². The highest BCUT2D eigenvalue weighted by Gasteiger charge is 2.28. The third-order valence-corrected chi connectivity index (χ3v) is 1.66. The van der Waals surface area contributed by atoms with Crippen molar-refractivity contribution in [1.29, 1.82) is 0 Å². The van der Waals surface area contributed by atoms with Gasteiger partial charge in [-0.15, -0.1) is 0 Å². The van der Waals surface area contributed by atoms with Crippen LogP contribution in [-0.2, 0) is 0 Å². The van der Waals surface area contributed by atoms with Crippen molar-refractivity contribution >= 4 is 0 Å². The molecule has 0 amide bonds. The molecule has 1 rings (SSSR count). The first-order chi connectivity index (χ1) is 3.75. The lowest BCUT2D eigenvalue weighted by Gasteiger charge is -1.84. The summed E-state index contributed by atoms with van der Waals surface area (Å²) in [6.45, 7) is 4.55. The van der Waals surface area contributed by atoms with E-state index in [1.165, 1.54) is 11.1 Å². The molecule has 1 heteroatoms. The molecule has 0 spiro atoms. The highest BCUT2D eigenvalue weighted by molar-refractivity contribution is 5.27. The standard InChI is InChI=1S/C7H12O/c1-5(2)7-3-6(7)4-8/h6,8H,3-4H2,1-2H3. The maximum atomic E-state index is 8.59. The maximum absolute atomic E-state index is 8.59. The van der Waals surface area contributed by atoms with Crippen LogP contribution in [0, 0.1) is 5.92 Å². The van der Waals surface area contributed by atoms with Crippen molar-refractivity contribution in [3.8, 4) is 0 Å². The van der Waals surface area contributed by atoms with Crippen LogP contribution in [0.4, 0.5) is 0 Å². The Kier molecular flexibility index (Phi) is 1.39. The normalized spacial score (nSPS) is 25.9. The molecule has 0 saturated heterocycles. The molecule has 1 N–H and O–H groups in total. The van der Waals surface area contributed by atoms with Crippen LogP contribution < -0.4 is 0 Å². The fourth-order valence-electron chi connectivity index (χ4n) is 0.994. The van der Waals surface area contributed by atoms with Gasteiger partial charge in [0, 0.05) is 12.5 Å². The third kappa shape index (κ3) is 0.920. The van der Waals surface area contributed by atoms with Crippen LogP contribution in [0.2, 0.25) is 0 Å². The Morgan fingerprint density at radius 1 is 1.75 bits per heavy atom. The molecule has 1 aliphatic carbocycles. The molecule has 1 saturated carbocycles. The average Bonchev–Trinajstić information content (AvgIpc) is 2.42. The summed E-state index contributed by atoms with van der Waals surface area (Å²) >= 11 is 0. The van der Waals surface area contributed by atoms with E-state index in [4.69, 9.17) is 5.11 Å². The number of rotatable bonds is 1. The molecule has 0 bridgehead atoms. The second-order valence-electron chi connectivity index (χ2n) is 2.61. The Labute approximate surface area is 50.0 Å². The monoisotopic (exact) mass is 112 g/mol. The molecule has 1 aliphatic rings. The summed E-state index contributed by atoms with van der Waals surface area (Å²) in [4.78, 5) is 0. The van der Waals surface area contributed by atoms with E-state index in [2.05, 4.69) is 13.8 Å². The zero-order chi connectivity index (χ0) is 6.15. The highest BCUT2D eigenvalue weighted by Crippen LogP contribution is 2.39. The minimum absolute atomic E-state index is 0.348. The summed E-state index contributed by atoms with van der Waals surface area (Å²) in [5.41, 5.74) is 2.86. The number of hydrogen-bond acceptors (Lipinski definition) is 1. The molecule has 0 aliphatic heterocycles. The predicted octanol–water partition coefficient (Wildman–Crippen LogP) is 1.33. The molecule has 0 heterocycles. The highest BCUT2D eigenvalue weighted by atomic mass is 16.3. The molecule has 0 radical (unpaired) electrons. The zero-order valence-corrected chi connectivity index (χ0v) is 5.44. The van der Waals surface area contributed by atoms with Crippen molar-refractivity contribution in [3.63, 3.8) is 0 Å². The maximum Gasteiger partial charge on any atom is 0.0499 e. The van der Waals surface area contributed by atoms with E-state index in [9.17, 15) is 0 Å². The summed E-state index contributed by atoms with van der Waals surface area (Å²) in [5.74, 6) is 0.528. The van der Waals surface area contributed by atoms with Crippen LogP contribution in [0.25, 0.3) is 0 Å². The quantitative estimate of drug-likeness (QED) is 0.507. The molecule has 1 nitrogen and oxygen atoms in total. The van der Waals surface area contributed by atoms with E-state index < -0.39 is 0 Å². The first-order valence-electron chi connectivity index (χ1n) is 3.02. The summed E-state index contributed by atoms with van der Waals surface area (Å²) in [5, 5.41) is 8.59. The van der Waals surface area contributed by atoms with Gasteiger partial charge in [-0.1, -0.05) is 11.1 Å². The lowest BCUT2D eigenvalue weighted by Crippen LogP contribution is -1.81. The van der Waals surface area contributed by atoms with Crippen molar-refractivity contribution in [2.75, 3.05) is 6.61 Å². The fraction of sp³-hybridized carbons (Fsp3) is 0.714. The summed E-state index contributed by atoms with van der Waals surface area (Å²) in [6.07, 6.45) is 1.14. The van der Waals surface area contributed by atoms with Gasteiger partial charge in [0.15, 0.2) is 0 Å². The molecule has 0 aromatic carbocycles. The molecule has 1 atom stereocenters. The number of aliphatic hydroxyl groups excluding tert-OH is 1. The third-order valence-electron chi connectivity index (χ3n) is 1.66. The van der Waals surface area contributed by atoms with Gasteiger partial charge in [-0.05, 0) is 20.3 Å². The van der Waals surface area contributed by atoms with Gasteiger partial charge in [0.2, 0.25) is 0 Å². The van der Waals surface area contributed by atoms with Gasteiger partial charge >= 0.3 is 0 Å². The van der Waals surface area contributed by atoms with E-state index >= 15 is 0 Å². The van der Waals surface area contributed by atoms with Crippen molar-refractivity contribution < 1.29 is 5.11 Å². The molecule has 1 unspecified atom stereocenters. The van der Waals surface area contributed by atoms with Gasteiger partial charge in [0.1, 0.15) is 0 Å². The fourth-order valence-corrected chi connectivity index (χ4v) is 0.994. The molecular weight excluding hydrogens is 100 g/mol. The van der Waals surface area contributed by atoms with Gasteiger partial charge in [-0.25, -0.2) is 0 Å². The number of allylic oxidation sites excluding steroid dienone is 1. The van der Waals surface area contributed by atoms with Gasteiger partial charge in [0.25, 0.3) is 0 Å².